The normalized spacial score (nSPS) is 20.0. The number of ether oxygens (including phenoxy) is 1. The first kappa shape index (κ1) is 12.8. The average Bonchev–Trinajstić information content (AvgIpc) is 2.74. The smallest absolute Gasteiger partial charge is 0.311 e. The molecule has 18 heavy (non-hydrogen) atoms. The van der Waals surface area contributed by atoms with Gasteiger partial charge in [0, 0.05) is 25.7 Å². The van der Waals surface area contributed by atoms with Crippen LogP contribution in [0.4, 0.5) is 5.69 Å². The van der Waals surface area contributed by atoms with Gasteiger partial charge in [-0.05, 0) is 18.1 Å². The zero-order valence-corrected chi connectivity index (χ0v) is 10.2. The van der Waals surface area contributed by atoms with Gasteiger partial charge in [-0.15, -0.1) is 0 Å². The van der Waals surface area contributed by atoms with Crippen molar-refractivity contribution in [2.24, 2.45) is 0 Å². The summed E-state index contributed by atoms with van der Waals surface area (Å²) in [6, 6.07) is 4.96. The molecular weight excluding hydrogens is 236 g/mol. The second-order valence-corrected chi connectivity index (χ2v) is 4.44. The van der Waals surface area contributed by atoms with E-state index in [4.69, 9.17) is 4.74 Å². The van der Waals surface area contributed by atoms with E-state index in [9.17, 15) is 15.2 Å². The number of benzene rings is 1. The molecule has 6 nitrogen and oxygen atoms in total. The quantitative estimate of drug-likeness (QED) is 0.643. The fraction of sp³-hybridized carbons (Fsp3) is 0.500. The van der Waals surface area contributed by atoms with E-state index >= 15 is 0 Å². The maximum Gasteiger partial charge on any atom is 0.311 e. The van der Waals surface area contributed by atoms with Crippen molar-refractivity contribution in [2.45, 2.75) is 19.1 Å². The van der Waals surface area contributed by atoms with Crippen LogP contribution in [0.25, 0.3) is 0 Å². The van der Waals surface area contributed by atoms with E-state index in [0.29, 0.717) is 13.1 Å². The number of β-amino-alcohol motifs (C(OH)–C–C–N with tert-alkyl or cyclic N) is 1. The van der Waals surface area contributed by atoms with Crippen molar-refractivity contribution >= 4 is 5.69 Å². The molecule has 1 saturated heterocycles. The van der Waals surface area contributed by atoms with Crippen molar-refractivity contribution in [3.05, 3.63) is 33.9 Å². The van der Waals surface area contributed by atoms with E-state index in [0.717, 1.165) is 18.5 Å². The summed E-state index contributed by atoms with van der Waals surface area (Å²) in [7, 11) is 1.42. The lowest BCUT2D eigenvalue weighted by atomic mass is 10.2. The molecule has 1 aliphatic rings. The zero-order valence-electron chi connectivity index (χ0n) is 10.2. The molecule has 0 aliphatic carbocycles. The van der Waals surface area contributed by atoms with Crippen molar-refractivity contribution in [3.63, 3.8) is 0 Å². The van der Waals surface area contributed by atoms with Gasteiger partial charge >= 0.3 is 5.69 Å². The van der Waals surface area contributed by atoms with Crippen LogP contribution in [0.15, 0.2) is 18.2 Å². The molecule has 1 heterocycles. The van der Waals surface area contributed by atoms with Crippen LogP contribution < -0.4 is 4.74 Å². The molecule has 1 aliphatic heterocycles. The predicted molar refractivity (Wildman–Crippen MR) is 65.5 cm³/mol. The van der Waals surface area contributed by atoms with Crippen LogP contribution in [0.5, 0.6) is 5.75 Å². The van der Waals surface area contributed by atoms with Gasteiger partial charge in [0.25, 0.3) is 0 Å². The van der Waals surface area contributed by atoms with Crippen LogP contribution in [0, 0.1) is 10.1 Å². The Morgan fingerprint density at radius 3 is 2.94 bits per heavy atom. The van der Waals surface area contributed by atoms with E-state index < -0.39 is 4.92 Å². The molecule has 98 valence electrons. The number of nitro benzene ring substituents is 1. The monoisotopic (exact) mass is 252 g/mol. The van der Waals surface area contributed by atoms with Crippen molar-refractivity contribution in [3.8, 4) is 5.75 Å². The van der Waals surface area contributed by atoms with Gasteiger partial charge in [-0.2, -0.15) is 0 Å². The van der Waals surface area contributed by atoms with Crippen LogP contribution >= 0.6 is 0 Å². The highest BCUT2D eigenvalue weighted by molar-refractivity contribution is 5.48. The molecular formula is C12H16N2O4. The summed E-state index contributed by atoms with van der Waals surface area (Å²) < 4.78 is 4.95. The Labute approximate surface area is 105 Å². The summed E-state index contributed by atoms with van der Waals surface area (Å²) >= 11 is 0. The Morgan fingerprint density at radius 2 is 2.39 bits per heavy atom. The molecule has 1 N–H and O–H groups in total. The van der Waals surface area contributed by atoms with Crippen molar-refractivity contribution < 1.29 is 14.8 Å². The number of hydrogen-bond donors (Lipinski definition) is 1. The van der Waals surface area contributed by atoms with Gasteiger partial charge in [0.1, 0.15) is 0 Å². The van der Waals surface area contributed by atoms with Crippen molar-refractivity contribution in [2.75, 3.05) is 20.2 Å². The largest absolute Gasteiger partial charge is 0.490 e. The summed E-state index contributed by atoms with van der Waals surface area (Å²) in [5.41, 5.74) is 0.839. The predicted octanol–water partition coefficient (Wildman–Crippen LogP) is 1.17. The number of aliphatic hydroxyl groups excluding tert-OH is 1. The van der Waals surface area contributed by atoms with Crippen LogP contribution in [0.1, 0.15) is 12.0 Å². The highest BCUT2D eigenvalue weighted by Gasteiger charge is 2.21. The number of likely N-dealkylation sites (tertiary alicyclic amines) is 1. The van der Waals surface area contributed by atoms with Gasteiger partial charge in [0.15, 0.2) is 5.75 Å². The number of nitrogens with zero attached hydrogens (tertiary/aromatic N) is 2. The third kappa shape index (κ3) is 2.77. The molecule has 1 aromatic carbocycles. The molecule has 0 radical (unpaired) electrons. The van der Waals surface area contributed by atoms with Crippen LogP contribution in [-0.4, -0.2) is 41.2 Å². The standard InChI is InChI=1S/C12H16N2O4/c1-18-12-3-2-9(6-11(12)14(16)17)7-13-5-4-10(15)8-13/h2-3,6,10,15H,4-5,7-8H2,1H3/t10-/m1/s1. The average molecular weight is 252 g/mol. The molecule has 0 unspecified atom stereocenters. The summed E-state index contributed by atoms with van der Waals surface area (Å²) in [6.07, 6.45) is 0.483. The van der Waals surface area contributed by atoms with Gasteiger partial charge in [0.2, 0.25) is 0 Å². The minimum Gasteiger partial charge on any atom is -0.490 e. The topological polar surface area (TPSA) is 75.8 Å². The van der Waals surface area contributed by atoms with Gasteiger partial charge in [-0.3, -0.25) is 15.0 Å². The molecule has 2 rings (SSSR count). The minimum absolute atomic E-state index is 0.0188. The van der Waals surface area contributed by atoms with Crippen molar-refractivity contribution in [1.29, 1.82) is 0 Å². The number of aliphatic hydroxyl groups is 1. The van der Waals surface area contributed by atoms with E-state index in [2.05, 4.69) is 4.90 Å². The molecule has 1 aromatic rings. The Kier molecular flexibility index (Phi) is 3.78. The molecule has 1 atom stereocenters. The molecule has 0 amide bonds. The third-order valence-corrected chi connectivity index (χ3v) is 3.09. The zero-order chi connectivity index (χ0) is 13.1. The highest BCUT2D eigenvalue weighted by Crippen LogP contribution is 2.28. The van der Waals surface area contributed by atoms with Crippen molar-refractivity contribution in [1.82, 2.24) is 4.90 Å². The molecule has 0 spiro atoms. The lowest BCUT2D eigenvalue weighted by molar-refractivity contribution is -0.385. The number of methoxy groups -OCH3 is 1. The van der Waals surface area contributed by atoms with E-state index in [1.807, 2.05) is 6.07 Å². The summed E-state index contributed by atoms with van der Waals surface area (Å²) in [4.78, 5) is 12.5. The van der Waals surface area contributed by atoms with Crippen LogP contribution in [0.3, 0.4) is 0 Å². The number of rotatable bonds is 4. The third-order valence-electron chi connectivity index (χ3n) is 3.09. The van der Waals surface area contributed by atoms with Gasteiger partial charge in [0.05, 0.1) is 18.1 Å². The molecule has 0 aromatic heterocycles. The van der Waals surface area contributed by atoms with E-state index in [1.165, 1.54) is 13.2 Å². The first-order valence-corrected chi connectivity index (χ1v) is 5.82. The fourth-order valence-corrected chi connectivity index (χ4v) is 2.19. The molecule has 0 bridgehead atoms. The lowest BCUT2D eigenvalue weighted by Crippen LogP contribution is -2.21. The maximum absolute atomic E-state index is 10.9. The summed E-state index contributed by atoms with van der Waals surface area (Å²) in [5.74, 6) is 0.269. The maximum atomic E-state index is 10.9. The first-order chi connectivity index (χ1) is 8.60. The molecule has 0 saturated carbocycles. The van der Waals surface area contributed by atoms with Crippen LogP contribution in [0.2, 0.25) is 0 Å². The molecule has 1 fully saturated rings. The number of nitro groups is 1. The van der Waals surface area contributed by atoms with Gasteiger partial charge in [-0.25, -0.2) is 0 Å². The Bertz CT molecular complexity index is 450. The number of hydrogen-bond acceptors (Lipinski definition) is 5. The van der Waals surface area contributed by atoms with Crippen LogP contribution in [-0.2, 0) is 6.54 Å². The highest BCUT2D eigenvalue weighted by atomic mass is 16.6. The fourth-order valence-electron chi connectivity index (χ4n) is 2.19. The first-order valence-electron chi connectivity index (χ1n) is 5.82. The summed E-state index contributed by atoms with van der Waals surface area (Å²) in [6.45, 7) is 2.06. The summed E-state index contributed by atoms with van der Waals surface area (Å²) in [5, 5.41) is 20.3. The lowest BCUT2D eigenvalue weighted by Gasteiger charge is -2.15. The Balaban J connectivity index is 2.14. The second-order valence-electron chi connectivity index (χ2n) is 4.44. The second kappa shape index (κ2) is 5.32. The van der Waals surface area contributed by atoms with E-state index in [-0.39, 0.29) is 17.5 Å². The minimum atomic E-state index is -0.443. The SMILES string of the molecule is COc1ccc(CN2CC[C@@H](O)C2)cc1[N+](=O)[O-]. The molecule has 6 heteroatoms. The van der Waals surface area contributed by atoms with Gasteiger partial charge < -0.3 is 9.84 Å². The van der Waals surface area contributed by atoms with Gasteiger partial charge in [-0.1, -0.05) is 6.07 Å². The Morgan fingerprint density at radius 1 is 1.61 bits per heavy atom. The van der Waals surface area contributed by atoms with E-state index in [1.54, 1.807) is 6.07 Å². The Hall–Kier alpha value is -1.66.